The van der Waals surface area contributed by atoms with E-state index in [-0.39, 0.29) is 42.9 Å². The van der Waals surface area contributed by atoms with Crippen molar-refractivity contribution in [2.24, 2.45) is 0 Å². The first-order valence-electron chi connectivity index (χ1n) is 12.4. The third-order valence-corrected chi connectivity index (χ3v) is 8.00. The molecular formula is C28H28ClFN2O4S. The van der Waals surface area contributed by atoms with Crippen LogP contribution < -0.4 is 4.74 Å². The van der Waals surface area contributed by atoms with Gasteiger partial charge in [-0.15, -0.1) is 11.3 Å². The second kappa shape index (κ2) is 11.6. The van der Waals surface area contributed by atoms with Gasteiger partial charge in [-0.25, -0.2) is 4.39 Å². The van der Waals surface area contributed by atoms with E-state index in [0.717, 1.165) is 24.8 Å². The number of benzene rings is 2. The van der Waals surface area contributed by atoms with Gasteiger partial charge in [0.25, 0.3) is 5.91 Å². The quantitative estimate of drug-likeness (QED) is 0.384. The SMILES string of the molecule is O=C(c1cccc(Cl)c1)N(CC(=O)N1CCc2sccc2[C@@H]1COc1ccc(F)cc1)C[C@@H]1CCCO1. The van der Waals surface area contributed by atoms with Crippen LogP contribution in [0.4, 0.5) is 4.39 Å². The average Bonchev–Trinajstić information content (AvgIpc) is 3.59. The third-order valence-electron chi connectivity index (χ3n) is 6.77. The van der Waals surface area contributed by atoms with Crippen LogP contribution in [0.15, 0.2) is 60.0 Å². The van der Waals surface area contributed by atoms with Crippen molar-refractivity contribution in [2.75, 3.05) is 32.8 Å². The Kier molecular flexibility index (Phi) is 8.08. The Morgan fingerprint density at radius 2 is 2.03 bits per heavy atom. The number of nitrogens with zero attached hydrogens (tertiary/aromatic N) is 2. The van der Waals surface area contributed by atoms with Gasteiger partial charge in [0.15, 0.2) is 0 Å². The van der Waals surface area contributed by atoms with Crippen LogP contribution in [0.3, 0.4) is 0 Å². The molecule has 0 N–H and O–H groups in total. The number of hydrogen-bond acceptors (Lipinski definition) is 5. The second-order valence-electron chi connectivity index (χ2n) is 9.25. The van der Waals surface area contributed by atoms with Crippen molar-refractivity contribution in [2.45, 2.75) is 31.4 Å². The molecule has 2 atom stereocenters. The number of thiophene rings is 1. The lowest BCUT2D eigenvalue weighted by Crippen LogP contribution is -2.49. The topological polar surface area (TPSA) is 59.1 Å². The molecule has 0 saturated carbocycles. The highest BCUT2D eigenvalue weighted by molar-refractivity contribution is 7.10. The van der Waals surface area contributed by atoms with Gasteiger partial charge in [0.05, 0.1) is 12.1 Å². The van der Waals surface area contributed by atoms with Crippen molar-refractivity contribution in [3.8, 4) is 5.75 Å². The molecule has 3 heterocycles. The highest BCUT2D eigenvalue weighted by atomic mass is 35.5. The summed E-state index contributed by atoms with van der Waals surface area (Å²) >= 11 is 7.81. The molecule has 194 valence electrons. The molecule has 1 saturated heterocycles. The van der Waals surface area contributed by atoms with Crippen LogP contribution in [0.5, 0.6) is 5.75 Å². The van der Waals surface area contributed by atoms with Gasteiger partial charge < -0.3 is 19.3 Å². The zero-order valence-corrected chi connectivity index (χ0v) is 21.8. The summed E-state index contributed by atoms with van der Waals surface area (Å²) in [5.41, 5.74) is 1.49. The van der Waals surface area contributed by atoms with Crippen LogP contribution in [0.2, 0.25) is 5.02 Å². The number of hydrogen-bond donors (Lipinski definition) is 0. The largest absolute Gasteiger partial charge is 0.491 e. The normalized spacial score (nSPS) is 18.9. The smallest absolute Gasteiger partial charge is 0.254 e. The van der Waals surface area contributed by atoms with Gasteiger partial charge in [-0.05, 0) is 78.7 Å². The van der Waals surface area contributed by atoms with Gasteiger partial charge in [-0.1, -0.05) is 17.7 Å². The Hall–Kier alpha value is -2.94. The minimum Gasteiger partial charge on any atom is -0.491 e. The van der Waals surface area contributed by atoms with Crippen molar-refractivity contribution in [3.05, 3.63) is 86.8 Å². The van der Waals surface area contributed by atoms with Gasteiger partial charge in [-0.3, -0.25) is 9.59 Å². The molecule has 1 fully saturated rings. The fourth-order valence-corrected chi connectivity index (χ4v) is 6.01. The van der Waals surface area contributed by atoms with Gasteiger partial charge in [0, 0.05) is 35.2 Å². The Labute approximate surface area is 224 Å². The number of amides is 2. The van der Waals surface area contributed by atoms with Crippen molar-refractivity contribution >= 4 is 34.8 Å². The minimum atomic E-state index is -0.336. The van der Waals surface area contributed by atoms with E-state index in [2.05, 4.69) is 0 Å². The second-order valence-corrected chi connectivity index (χ2v) is 10.7. The van der Waals surface area contributed by atoms with E-state index < -0.39 is 0 Å². The first kappa shape index (κ1) is 25.7. The lowest BCUT2D eigenvalue weighted by molar-refractivity contribution is -0.135. The molecule has 0 bridgehead atoms. The predicted molar refractivity (Wildman–Crippen MR) is 141 cm³/mol. The number of halogens is 2. The Morgan fingerprint density at radius 3 is 2.78 bits per heavy atom. The van der Waals surface area contributed by atoms with Gasteiger partial charge >= 0.3 is 0 Å². The van der Waals surface area contributed by atoms with Crippen LogP contribution in [0.25, 0.3) is 0 Å². The molecule has 37 heavy (non-hydrogen) atoms. The number of fused-ring (bicyclic) bond motifs is 1. The first-order valence-corrected chi connectivity index (χ1v) is 13.6. The highest BCUT2D eigenvalue weighted by Gasteiger charge is 2.34. The van der Waals surface area contributed by atoms with E-state index in [1.165, 1.54) is 17.0 Å². The van der Waals surface area contributed by atoms with E-state index in [0.29, 0.717) is 36.0 Å². The van der Waals surface area contributed by atoms with Crippen LogP contribution in [-0.2, 0) is 16.0 Å². The lowest BCUT2D eigenvalue weighted by atomic mass is 10.00. The number of ether oxygens (including phenoxy) is 2. The maximum atomic E-state index is 13.7. The molecule has 0 radical (unpaired) electrons. The Morgan fingerprint density at radius 1 is 1.19 bits per heavy atom. The summed E-state index contributed by atoms with van der Waals surface area (Å²) in [6.07, 6.45) is 2.44. The molecular weight excluding hydrogens is 515 g/mol. The van der Waals surface area contributed by atoms with Crippen LogP contribution in [0.1, 0.15) is 39.7 Å². The Bertz CT molecular complexity index is 1240. The molecule has 3 aromatic rings. The molecule has 0 aliphatic carbocycles. The molecule has 9 heteroatoms. The summed E-state index contributed by atoms with van der Waals surface area (Å²) in [5, 5.41) is 2.49. The van der Waals surface area contributed by atoms with Crippen molar-refractivity contribution in [1.29, 1.82) is 0 Å². The molecule has 2 aliphatic heterocycles. The first-order chi connectivity index (χ1) is 18.0. The fraction of sp³-hybridized carbons (Fsp3) is 0.357. The van der Waals surface area contributed by atoms with Crippen LogP contribution >= 0.6 is 22.9 Å². The summed E-state index contributed by atoms with van der Waals surface area (Å²) in [5.74, 6) is -0.207. The van der Waals surface area contributed by atoms with E-state index >= 15 is 0 Å². The molecule has 0 spiro atoms. The molecule has 6 nitrogen and oxygen atoms in total. The van der Waals surface area contributed by atoms with Gasteiger partial charge in [0.1, 0.15) is 24.7 Å². The van der Waals surface area contributed by atoms with Crippen molar-refractivity contribution < 1.29 is 23.5 Å². The molecule has 2 aromatic carbocycles. The lowest BCUT2D eigenvalue weighted by Gasteiger charge is -2.37. The predicted octanol–water partition coefficient (Wildman–Crippen LogP) is 5.37. The Balaban J connectivity index is 1.35. The van der Waals surface area contributed by atoms with E-state index in [1.54, 1.807) is 57.5 Å². The van der Waals surface area contributed by atoms with Gasteiger partial charge in [0.2, 0.25) is 5.91 Å². The summed E-state index contributed by atoms with van der Waals surface area (Å²) in [7, 11) is 0. The zero-order chi connectivity index (χ0) is 25.8. The number of carbonyl (C=O) groups is 2. The summed E-state index contributed by atoms with van der Waals surface area (Å²) in [4.78, 5) is 31.8. The minimum absolute atomic E-state index is 0.0717. The summed E-state index contributed by atoms with van der Waals surface area (Å²) in [6.45, 7) is 1.69. The van der Waals surface area contributed by atoms with E-state index in [4.69, 9.17) is 21.1 Å². The summed E-state index contributed by atoms with van der Waals surface area (Å²) in [6, 6.07) is 14.3. The monoisotopic (exact) mass is 542 g/mol. The van der Waals surface area contributed by atoms with E-state index in [9.17, 15) is 14.0 Å². The number of rotatable bonds is 8. The van der Waals surface area contributed by atoms with Crippen molar-refractivity contribution in [3.63, 3.8) is 0 Å². The zero-order valence-electron chi connectivity index (χ0n) is 20.3. The maximum Gasteiger partial charge on any atom is 0.254 e. The molecule has 1 aromatic heterocycles. The molecule has 2 amide bonds. The molecule has 0 unspecified atom stereocenters. The van der Waals surface area contributed by atoms with Crippen molar-refractivity contribution in [1.82, 2.24) is 9.80 Å². The van der Waals surface area contributed by atoms with Crippen LogP contribution in [0, 0.1) is 5.82 Å². The maximum absolute atomic E-state index is 13.7. The average molecular weight is 543 g/mol. The third kappa shape index (κ3) is 6.14. The number of carbonyl (C=O) groups excluding carboxylic acids is 2. The standard InChI is InChI=1S/C28H28ClFN2O4S/c29-20-4-1-3-19(15-20)28(34)31(16-23-5-2-13-35-23)17-27(33)32-12-10-26-24(11-14-37-26)25(32)18-36-22-8-6-21(30)7-9-22/h1,3-4,6-9,11,14-15,23,25H,2,5,10,12-13,16-18H2/t23-,25-/m0/s1. The van der Waals surface area contributed by atoms with Crippen LogP contribution in [-0.4, -0.2) is 60.6 Å². The highest BCUT2D eigenvalue weighted by Crippen LogP contribution is 2.34. The summed E-state index contributed by atoms with van der Waals surface area (Å²) < 4.78 is 25.1. The molecule has 2 aliphatic rings. The fourth-order valence-electron chi connectivity index (χ4n) is 4.89. The molecule has 5 rings (SSSR count). The van der Waals surface area contributed by atoms with Gasteiger partial charge in [-0.2, -0.15) is 0 Å². The van der Waals surface area contributed by atoms with E-state index in [1.807, 2.05) is 11.4 Å².